The highest BCUT2D eigenvalue weighted by molar-refractivity contribution is 5.65. The van der Waals surface area contributed by atoms with Crippen molar-refractivity contribution in [3.8, 4) is 6.07 Å². The Kier molecular flexibility index (Phi) is 3.34. The molecule has 2 rings (SSSR count). The molecule has 0 aromatic heterocycles. The minimum absolute atomic E-state index is 0.724. The molecule has 1 N–H and O–H groups in total. The van der Waals surface area contributed by atoms with E-state index >= 15 is 0 Å². The van der Waals surface area contributed by atoms with E-state index in [1.807, 2.05) is 31.2 Å². The summed E-state index contributed by atoms with van der Waals surface area (Å²) in [5.74, 6) is 0. The molecule has 0 unspecified atom stereocenters. The van der Waals surface area contributed by atoms with Crippen LogP contribution in [0.15, 0.2) is 36.4 Å². The van der Waals surface area contributed by atoms with Gasteiger partial charge in [-0.25, -0.2) is 0 Å². The van der Waals surface area contributed by atoms with Gasteiger partial charge in [0, 0.05) is 11.4 Å². The number of anilines is 2. The van der Waals surface area contributed by atoms with Crippen LogP contribution in [0, 0.1) is 32.1 Å². The Bertz CT molecular complexity index is 621. The smallest absolute Gasteiger partial charge is 0.0994 e. The molecule has 0 saturated heterocycles. The minimum Gasteiger partial charge on any atom is -0.355 e. The van der Waals surface area contributed by atoms with Gasteiger partial charge in [0.2, 0.25) is 0 Å². The SMILES string of the molecule is Cc1cc(Nc2cccc(C)c2C)ccc1C#N. The highest BCUT2D eigenvalue weighted by Crippen LogP contribution is 2.24. The van der Waals surface area contributed by atoms with Crippen molar-refractivity contribution in [2.75, 3.05) is 5.32 Å². The van der Waals surface area contributed by atoms with Gasteiger partial charge >= 0.3 is 0 Å². The van der Waals surface area contributed by atoms with Gasteiger partial charge in [0.05, 0.1) is 11.6 Å². The number of nitrogens with one attached hydrogen (secondary N) is 1. The summed E-state index contributed by atoms with van der Waals surface area (Å²) in [6.45, 7) is 6.16. The number of nitriles is 1. The molecule has 0 aliphatic carbocycles. The van der Waals surface area contributed by atoms with Crippen molar-refractivity contribution in [1.82, 2.24) is 0 Å². The van der Waals surface area contributed by atoms with E-state index in [0.717, 1.165) is 22.5 Å². The zero-order valence-electron chi connectivity index (χ0n) is 10.9. The van der Waals surface area contributed by atoms with Crippen LogP contribution in [-0.2, 0) is 0 Å². The normalized spacial score (nSPS) is 9.89. The van der Waals surface area contributed by atoms with Gasteiger partial charge in [0.1, 0.15) is 0 Å². The zero-order valence-corrected chi connectivity index (χ0v) is 10.9. The standard InChI is InChI=1S/C16H16N2/c1-11-5-4-6-16(13(11)3)18-15-8-7-14(10-17)12(2)9-15/h4-9,18H,1-3H3. The highest BCUT2D eigenvalue weighted by Gasteiger charge is 2.03. The summed E-state index contributed by atoms with van der Waals surface area (Å²) >= 11 is 0. The van der Waals surface area contributed by atoms with E-state index in [2.05, 4.69) is 37.4 Å². The maximum Gasteiger partial charge on any atom is 0.0994 e. The molecule has 2 aromatic rings. The topological polar surface area (TPSA) is 35.8 Å². The molecule has 0 amide bonds. The molecule has 2 nitrogen and oxygen atoms in total. The Morgan fingerprint density at radius 1 is 1.00 bits per heavy atom. The first-order chi connectivity index (χ1) is 8.61. The van der Waals surface area contributed by atoms with Crippen LogP contribution in [-0.4, -0.2) is 0 Å². The third-order valence-corrected chi connectivity index (χ3v) is 3.23. The van der Waals surface area contributed by atoms with Crippen molar-refractivity contribution in [2.24, 2.45) is 0 Å². The molecule has 0 spiro atoms. The molecule has 0 aliphatic rings. The molecule has 2 heteroatoms. The van der Waals surface area contributed by atoms with Gasteiger partial charge in [-0.15, -0.1) is 0 Å². The summed E-state index contributed by atoms with van der Waals surface area (Å²) in [6, 6.07) is 14.2. The van der Waals surface area contributed by atoms with Crippen molar-refractivity contribution in [1.29, 1.82) is 5.26 Å². The first-order valence-corrected chi connectivity index (χ1v) is 5.96. The summed E-state index contributed by atoms with van der Waals surface area (Å²) in [5.41, 5.74) is 6.36. The minimum atomic E-state index is 0.724. The molecule has 90 valence electrons. The van der Waals surface area contributed by atoms with Gasteiger partial charge < -0.3 is 5.32 Å². The molecular weight excluding hydrogens is 220 g/mol. The van der Waals surface area contributed by atoms with Crippen LogP contribution in [0.3, 0.4) is 0 Å². The monoisotopic (exact) mass is 236 g/mol. The fraction of sp³-hybridized carbons (Fsp3) is 0.188. The number of aryl methyl sites for hydroxylation is 2. The fourth-order valence-corrected chi connectivity index (χ4v) is 1.91. The van der Waals surface area contributed by atoms with E-state index in [4.69, 9.17) is 5.26 Å². The molecule has 0 heterocycles. The van der Waals surface area contributed by atoms with Gasteiger partial charge in [-0.3, -0.25) is 0 Å². The number of rotatable bonds is 2. The van der Waals surface area contributed by atoms with E-state index in [1.165, 1.54) is 11.1 Å². The second kappa shape index (κ2) is 4.93. The summed E-state index contributed by atoms with van der Waals surface area (Å²) < 4.78 is 0. The number of nitrogens with zero attached hydrogens (tertiary/aromatic N) is 1. The number of hydrogen-bond donors (Lipinski definition) is 1. The molecule has 0 fully saturated rings. The molecule has 0 saturated carbocycles. The van der Waals surface area contributed by atoms with Crippen LogP contribution in [0.2, 0.25) is 0 Å². The van der Waals surface area contributed by atoms with Crippen LogP contribution in [0.1, 0.15) is 22.3 Å². The summed E-state index contributed by atoms with van der Waals surface area (Å²) in [6.07, 6.45) is 0. The summed E-state index contributed by atoms with van der Waals surface area (Å²) in [5, 5.41) is 12.3. The molecule has 0 radical (unpaired) electrons. The Hall–Kier alpha value is -2.27. The molecule has 0 atom stereocenters. The number of benzene rings is 2. The Morgan fingerprint density at radius 2 is 1.78 bits per heavy atom. The van der Waals surface area contributed by atoms with Crippen molar-refractivity contribution in [3.05, 3.63) is 58.7 Å². The third kappa shape index (κ3) is 2.36. The Labute approximate surface area is 108 Å². The quantitative estimate of drug-likeness (QED) is 0.847. The Morgan fingerprint density at radius 3 is 2.44 bits per heavy atom. The average Bonchev–Trinajstić information content (AvgIpc) is 2.35. The van der Waals surface area contributed by atoms with Crippen LogP contribution in [0.5, 0.6) is 0 Å². The van der Waals surface area contributed by atoms with Gasteiger partial charge in [-0.2, -0.15) is 5.26 Å². The van der Waals surface area contributed by atoms with Crippen molar-refractivity contribution < 1.29 is 0 Å². The summed E-state index contributed by atoms with van der Waals surface area (Å²) in [4.78, 5) is 0. The molecule has 0 aliphatic heterocycles. The maximum absolute atomic E-state index is 8.91. The lowest BCUT2D eigenvalue weighted by molar-refractivity contribution is 1.32. The Balaban J connectivity index is 2.32. The fourth-order valence-electron chi connectivity index (χ4n) is 1.91. The highest BCUT2D eigenvalue weighted by atomic mass is 14.9. The maximum atomic E-state index is 8.91. The zero-order chi connectivity index (χ0) is 13.1. The summed E-state index contributed by atoms with van der Waals surface area (Å²) in [7, 11) is 0. The van der Waals surface area contributed by atoms with Crippen LogP contribution < -0.4 is 5.32 Å². The second-order valence-corrected chi connectivity index (χ2v) is 4.51. The second-order valence-electron chi connectivity index (χ2n) is 4.51. The average molecular weight is 236 g/mol. The first-order valence-electron chi connectivity index (χ1n) is 5.96. The lowest BCUT2D eigenvalue weighted by Crippen LogP contribution is -1.95. The molecule has 18 heavy (non-hydrogen) atoms. The number of hydrogen-bond acceptors (Lipinski definition) is 2. The van der Waals surface area contributed by atoms with Crippen LogP contribution in [0.4, 0.5) is 11.4 Å². The van der Waals surface area contributed by atoms with Crippen molar-refractivity contribution in [2.45, 2.75) is 20.8 Å². The molecule has 2 aromatic carbocycles. The van der Waals surface area contributed by atoms with E-state index < -0.39 is 0 Å². The third-order valence-electron chi connectivity index (χ3n) is 3.23. The van der Waals surface area contributed by atoms with Gasteiger partial charge in [-0.1, -0.05) is 12.1 Å². The van der Waals surface area contributed by atoms with E-state index in [9.17, 15) is 0 Å². The lowest BCUT2D eigenvalue weighted by atomic mass is 10.1. The lowest BCUT2D eigenvalue weighted by Gasteiger charge is -2.12. The van der Waals surface area contributed by atoms with E-state index in [-0.39, 0.29) is 0 Å². The first kappa shape index (κ1) is 12.2. The van der Waals surface area contributed by atoms with Gasteiger partial charge in [0.25, 0.3) is 0 Å². The van der Waals surface area contributed by atoms with Gasteiger partial charge in [-0.05, 0) is 61.7 Å². The predicted molar refractivity (Wildman–Crippen MR) is 75.1 cm³/mol. The molecule has 0 bridgehead atoms. The van der Waals surface area contributed by atoms with Crippen LogP contribution >= 0.6 is 0 Å². The van der Waals surface area contributed by atoms with Crippen LogP contribution in [0.25, 0.3) is 0 Å². The largest absolute Gasteiger partial charge is 0.355 e. The molecular formula is C16H16N2. The van der Waals surface area contributed by atoms with Gasteiger partial charge in [0.15, 0.2) is 0 Å². The van der Waals surface area contributed by atoms with E-state index in [0.29, 0.717) is 0 Å². The van der Waals surface area contributed by atoms with E-state index in [1.54, 1.807) is 0 Å². The van der Waals surface area contributed by atoms with Crippen molar-refractivity contribution in [3.63, 3.8) is 0 Å². The predicted octanol–water partition coefficient (Wildman–Crippen LogP) is 4.23. The van der Waals surface area contributed by atoms with Crippen molar-refractivity contribution >= 4 is 11.4 Å².